The first kappa shape index (κ1) is 12.9. The van der Waals surface area contributed by atoms with Crippen LogP contribution in [0.2, 0.25) is 0 Å². The largest absolute Gasteiger partial charge is 0.321 e. The zero-order valence-corrected chi connectivity index (χ0v) is 10.8. The molecule has 0 saturated heterocycles. The van der Waals surface area contributed by atoms with Crippen LogP contribution in [0.25, 0.3) is 5.82 Å². The van der Waals surface area contributed by atoms with Crippen LogP contribution >= 0.6 is 0 Å². The normalized spacial score (nSPS) is 10.3. The number of halogens is 1. The molecule has 2 aromatic heterocycles. The standard InChI is InChI=1S/C14H10FN5O/c15-10-4-6-11(7-5-10)18-14(21)12-2-1-3-13(19-12)20-8-16-17-9-20/h1-9H,(H,18,21). The fraction of sp³-hybridized carbons (Fsp3) is 0. The molecule has 104 valence electrons. The van der Waals surface area contributed by atoms with Gasteiger partial charge in [0.25, 0.3) is 5.91 Å². The Balaban J connectivity index is 1.81. The van der Waals surface area contributed by atoms with Crippen molar-refractivity contribution in [3.8, 4) is 5.82 Å². The first-order valence-electron chi connectivity index (χ1n) is 6.11. The molecule has 0 saturated carbocycles. The number of amides is 1. The van der Waals surface area contributed by atoms with Crippen molar-refractivity contribution in [3.63, 3.8) is 0 Å². The van der Waals surface area contributed by atoms with Crippen molar-refractivity contribution in [3.05, 3.63) is 66.6 Å². The van der Waals surface area contributed by atoms with Crippen LogP contribution in [0.5, 0.6) is 0 Å². The minimum Gasteiger partial charge on any atom is -0.321 e. The highest BCUT2D eigenvalue weighted by Crippen LogP contribution is 2.11. The number of aromatic nitrogens is 4. The van der Waals surface area contributed by atoms with Crippen molar-refractivity contribution in [2.24, 2.45) is 0 Å². The topological polar surface area (TPSA) is 72.7 Å². The molecule has 1 amide bonds. The van der Waals surface area contributed by atoms with Gasteiger partial charge in [-0.05, 0) is 36.4 Å². The average Bonchev–Trinajstić information content (AvgIpc) is 3.04. The third kappa shape index (κ3) is 2.92. The highest BCUT2D eigenvalue weighted by molar-refractivity contribution is 6.02. The summed E-state index contributed by atoms with van der Waals surface area (Å²) in [6.07, 6.45) is 2.98. The van der Waals surface area contributed by atoms with Gasteiger partial charge in [0.2, 0.25) is 0 Å². The van der Waals surface area contributed by atoms with Crippen molar-refractivity contribution in [2.75, 3.05) is 5.32 Å². The molecule has 0 atom stereocenters. The lowest BCUT2D eigenvalue weighted by Gasteiger charge is -2.06. The molecule has 0 unspecified atom stereocenters. The van der Waals surface area contributed by atoms with Crippen LogP contribution in [0, 0.1) is 5.82 Å². The molecule has 0 spiro atoms. The van der Waals surface area contributed by atoms with E-state index in [2.05, 4.69) is 20.5 Å². The number of carbonyl (C=O) groups is 1. The van der Waals surface area contributed by atoms with Crippen molar-refractivity contribution < 1.29 is 9.18 Å². The molecule has 0 aliphatic rings. The van der Waals surface area contributed by atoms with Crippen molar-refractivity contribution in [1.82, 2.24) is 19.7 Å². The van der Waals surface area contributed by atoms with Crippen molar-refractivity contribution >= 4 is 11.6 Å². The Morgan fingerprint density at radius 2 is 1.76 bits per heavy atom. The van der Waals surface area contributed by atoms with Crippen molar-refractivity contribution in [2.45, 2.75) is 0 Å². The van der Waals surface area contributed by atoms with Crippen LogP contribution in [0.1, 0.15) is 10.5 Å². The summed E-state index contributed by atoms with van der Waals surface area (Å²) in [6.45, 7) is 0. The van der Waals surface area contributed by atoms with E-state index in [1.807, 2.05) is 0 Å². The molecule has 0 aliphatic carbocycles. The van der Waals surface area contributed by atoms with Crippen LogP contribution < -0.4 is 5.32 Å². The number of benzene rings is 1. The predicted molar refractivity (Wildman–Crippen MR) is 73.5 cm³/mol. The molecule has 21 heavy (non-hydrogen) atoms. The fourth-order valence-electron chi connectivity index (χ4n) is 1.74. The number of pyridine rings is 1. The molecule has 0 bridgehead atoms. The van der Waals surface area contributed by atoms with Crippen LogP contribution in [-0.2, 0) is 0 Å². The molecular weight excluding hydrogens is 273 g/mol. The second-order valence-electron chi connectivity index (χ2n) is 4.21. The summed E-state index contributed by atoms with van der Waals surface area (Å²) < 4.78 is 14.4. The van der Waals surface area contributed by atoms with Gasteiger partial charge in [0.05, 0.1) is 0 Å². The van der Waals surface area contributed by atoms with E-state index in [9.17, 15) is 9.18 Å². The molecule has 6 nitrogen and oxygen atoms in total. The quantitative estimate of drug-likeness (QED) is 0.798. The summed E-state index contributed by atoms with van der Waals surface area (Å²) in [7, 11) is 0. The van der Waals surface area contributed by atoms with Crippen molar-refractivity contribution in [1.29, 1.82) is 0 Å². The van der Waals surface area contributed by atoms with Crippen LogP contribution in [0.3, 0.4) is 0 Å². The van der Waals surface area contributed by atoms with E-state index >= 15 is 0 Å². The molecule has 0 aliphatic heterocycles. The van der Waals surface area contributed by atoms with Gasteiger partial charge in [-0.1, -0.05) is 6.07 Å². The summed E-state index contributed by atoms with van der Waals surface area (Å²) in [5, 5.41) is 10.0. The Kier molecular flexibility index (Phi) is 3.38. The molecule has 2 heterocycles. The van der Waals surface area contributed by atoms with Gasteiger partial charge in [-0.2, -0.15) is 0 Å². The van der Waals surface area contributed by atoms with Gasteiger partial charge >= 0.3 is 0 Å². The molecular formula is C14H10FN5O. The summed E-state index contributed by atoms with van der Waals surface area (Å²) in [4.78, 5) is 16.3. The fourth-order valence-corrected chi connectivity index (χ4v) is 1.74. The van der Waals surface area contributed by atoms with E-state index in [-0.39, 0.29) is 17.4 Å². The number of anilines is 1. The molecule has 1 aromatic carbocycles. The molecule has 0 radical (unpaired) electrons. The minimum atomic E-state index is -0.378. The lowest BCUT2D eigenvalue weighted by atomic mass is 10.3. The summed E-state index contributed by atoms with van der Waals surface area (Å²) in [6, 6.07) is 10.5. The lowest BCUT2D eigenvalue weighted by molar-refractivity contribution is 0.102. The van der Waals surface area contributed by atoms with E-state index in [4.69, 9.17) is 0 Å². The number of nitrogens with zero attached hydrogens (tertiary/aromatic N) is 4. The monoisotopic (exact) mass is 283 g/mol. The van der Waals surface area contributed by atoms with Gasteiger partial charge in [-0.25, -0.2) is 9.37 Å². The first-order chi connectivity index (χ1) is 10.2. The van der Waals surface area contributed by atoms with E-state index in [0.29, 0.717) is 11.5 Å². The SMILES string of the molecule is O=C(Nc1ccc(F)cc1)c1cccc(-n2cnnc2)n1. The van der Waals surface area contributed by atoms with Gasteiger partial charge in [0.1, 0.15) is 30.0 Å². The zero-order valence-electron chi connectivity index (χ0n) is 10.8. The second-order valence-corrected chi connectivity index (χ2v) is 4.21. The van der Waals surface area contributed by atoms with E-state index in [0.717, 1.165) is 0 Å². The minimum absolute atomic E-state index is 0.241. The average molecular weight is 283 g/mol. The third-order valence-corrected chi connectivity index (χ3v) is 2.75. The van der Waals surface area contributed by atoms with Gasteiger partial charge in [-0.3, -0.25) is 9.36 Å². The second kappa shape index (κ2) is 5.49. The Hall–Kier alpha value is -3.09. The van der Waals surface area contributed by atoms with Gasteiger partial charge < -0.3 is 5.32 Å². The Morgan fingerprint density at radius 1 is 1.05 bits per heavy atom. The maximum Gasteiger partial charge on any atom is 0.274 e. The predicted octanol–water partition coefficient (Wildman–Crippen LogP) is 2.05. The molecule has 3 rings (SSSR count). The van der Waals surface area contributed by atoms with Gasteiger partial charge in [-0.15, -0.1) is 10.2 Å². The number of hydrogen-bond donors (Lipinski definition) is 1. The molecule has 1 N–H and O–H groups in total. The highest BCUT2D eigenvalue weighted by atomic mass is 19.1. The number of rotatable bonds is 3. The van der Waals surface area contributed by atoms with Crippen LogP contribution in [0.4, 0.5) is 10.1 Å². The Bertz CT molecular complexity index is 755. The number of hydrogen-bond acceptors (Lipinski definition) is 4. The van der Waals surface area contributed by atoms with Crippen LogP contribution in [-0.4, -0.2) is 25.7 Å². The lowest BCUT2D eigenvalue weighted by Crippen LogP contribution is -2.14. The van der Waals surface area contributed by atoms with E-state index < -0.39 is 0 Å². The zero-order chi connectivity index (χ0) is 14.7. The van der Waals surface area contributed by atoms with Gasteiger partial charge in [0, 0.05) is 5.69 Å². The maximum absolute atomic E-state index is 12.8. The Labute approximate surface area is 119 Å². The number of carbonyl (C=O) groups excluding carboxylic acids is 1. The summed E-state index contributed by atoms with van der Waals surface area (Å²) >= 11 is 0. The summed E-state index contributed by atoms with van der Waals surface area (Å²) in [5.74, 6) is -0.205. The molecule has 7 heteroatoms. The van der Waals surface area contributed by atoms with Gasteiger partial charge in [0.15, 0.2) is 0 Å². The number of nitrogens with one attached hydrogen (secondary N) is 1. The third-order valence-electron chi connectivity index (χ3n) is 2.75. The first-order valence-corrected chi connectivity index (χ1v) is 6.11. The molecule has 0 fully saturated rings. The Morgan fingerprint density at radius 3 is 2.48 bits per heavy atom. The summed E-state index contributed by atoms with van der Waals surface area (Å²) in [5.41, 5.74) is 0.739. The smallest absolute Gasteiger partial charge is 0.274 e. The molecule has 3 aromatic rings. The van der Waals surface area contributed by atoms with Crippen LogP contribution in [0.15, 0.2) is 55.1 Å². The maximum atomic E-state index is 12.8. The van der Waals surface area contributed by atoms with E-state index in [1.165, 1.54) is 36.9 Å². The van der Waals surface area contributed by atoms with E-state index in [1.54, 1.807) is 22.8 Å². The highest BCUT2D eigenvalue weighted by Gasteiger charge is 2.09.